The highest BCUT2D eigenvalue weighted by Gasteiger charge is 2.32. The number of H-pyrrole nitrogens is 1. The second kappa shape index (κ2) is 9.54. The number of rotatable bonds is 7. The lowest BCUT2D eigenvalue weighted by molar-refractivity contribution is -0.128. The number of anilines is 3. The van der Waals surface area contributed by atoms with Crippen LogP contribution in [-0.2, 0) is 11.3 Å². The van der Waals surface area contributed by atoms with E-state index in [1.54, 1.807) is 15.8 Å². The summed E-state index contributed by atoms with van der Waals surface area (Å²) >= 11 is 6.36. The fraction of sp³-hybridized carbons (Fsp3) is 0.478. The van der Waals surface area contributed by atoms with E-state index >= 15 is 0 Å². The molecule has 1 amide bonds. The first-order chi connectivity index (χ1) is 16.9. The Balaban J connectivity index is 1.39. The molecule has 2 fully saturated rings. The first kappa shape index (κ1) is 23.1. The summed E-state index contributed by atoms with van der Waals surface area (Å²) in [5, 5.41) is 28.2. The molecule has 5 rings (SSSR count). The average molecular weight is 495 g/mol. The first-order valence-corrected chi connectivity index (χ1v) is 12.2. The minimum absolute atomic E-state index is 0.0895. The number of fused-ring (bicyclic) bond motifs is 1. The van der Waals surface area contributed by atoms with E-state index in [1.807, 2.05) is 19.2 Å². The van der Waals surface area contributed by atoms with Crippen LogP contribution >= 0.6 is 11.6 Å². The Kier molecular flexibility index (Phi) is 6.30. The number of nitrogens with zero attached hydrogens (tertiary/aromatic N) is 7. The monoisotopic (exact) mass is 494 g/mol. The predicted octanol–water partition coefficient (Wildman–Crippen LogP) is 3.48. The highest BCUT2D eigenvalue weighted by atomic mass is 35.5. The molecule has 1 aliphatic heterocycles. The molecule has 35 heavy (non-hydrogen) atoms. The number of nitrogens with one attached hydrogen (secondary N) is 3. The highest BCUT2D eigenvalue weighted by Crippen LogP contribution is 2.33. The van der Waals surface area contributed by atoms with Gasteiger partial charge >= 0.3 is 0 Å². The molecule has 12 heteroatoms. The number of carbonyl (C=O) groups is 1. The Morgan fingerprint density at radius 2 is 2.20 bits per heavy atom. The lowest BCUT2D eigenvalue weighted by atomic mass is 9.93. The summed E-state index contributed by atoms with van der Waals surface area (Å²) in [6.07, 6.45) is 8.30. The van der Waals surface area contributed by atoms with Crippen LogP contribution in [0.25, 0.3) is 11.0 Å². The maximum absolute atomic E-state index is 13.0. The number of likely N-dealkylation sites (tertiary alicyclic amines) is 1. The van der Waals surface area contributed by atoms with Crippen molar-refractivity contribution in [2.75, 3.05) is 23.7 Å². The third-order valence-electron chi connectivity index (χ3n) is 6.53. The molecule has 4 heterocycles. The number of aromatic nitrogens is 6. The van der Waals surface area contributed by atoms with Crippen molar-refractivity contribution >= 4 is 46.0 Å². The van der Waals surface area contributed by atoms with E-state index in [0.717, 1.165) is 31.5 Å². The van der Waals surface area contributed by atoms with Gasteiger partial charge in [-0.15, -0.1) is 0 Å². The number of amides is 1. The van der Waals surface area contributed by atoms with E-state index in [4.69, 9.17) is 11.6 Å². The number of allylic oxidation sites excluding steroid dienone is 1. The number of carbonyl (C=O) groups excluding carboxylic acids is 1. The largest absolute Gasteiger partial charge is 0.364 e. The number of piperidine rings is 1. The highest BCUT2D eigenvalue weighted by molar-refractivity contribution is 6.35. The van der Waals surface area contributed by atoms with Gasteiger partial charge < -0.3 is 15.5 Å². The van der Waals surface area contributed by atoms with E-state index in [2.05, 4.69) is 48.9 Å². The Labute approximate surface area is 207 Å². The Morgan fingerprint density at radius 3 is 2.91 bits per heavy atom. The molecule has 0 spiro atoms. The Morgan fingerprint density at radius 1 is 1.37 bits per heavy atom. The second-order valence-electron chi connectivity index (χ2n) is 9.14. The summed E-state index contributed by atoms with van der Waals surface area (Å²) in [6.45, 7) is 5.97. The smallest absolute Gasteiger partial charge is 0.264 e. The number of aromatic amines is 1. The van der Waals surface area contributed by atoms with E-state index in [1.165, 1.54) is 0 Å². The zero-order valence-electron chi connectivity index (χ0n) is 19.6. The summed E-state index contributed by atoms with van der Waals surface area (Å²) in [5.74, 6) is 1.32. The molecule has 3 N–H and O–H groups in total. The zero-order chi connectivity index (χ0) is 24.5. The molecule has 3 aromatic rings. The van der Waals surface area contributed by atoms with Gasteiger partial charge in [0.15, 0.2) is 10.8 Å². The summed E-state index contributed by atoms with van der Waals surface area (Å²) < 4.78 is 1.80. The summed E-state index contributed by atoms with van der Waals surface area (Å²) in [7, 11) is 0. The average Bonchev–Trinajstić information content (AvgIpc) is 3.44. The molecule has 3 aromatic heterocycles. The van der Waals surface area contributed by atoms with Crippen LogP contribution < -0.4 is 10.6 Å². The van der Waals surface area contributed by atoms with Crippen LogP contribution in [0.2, 0.25) is 5.15 Å². The SMILES string of the molecule is CCn1cc(Nc2nc(N[C@H]3CN(C(=O)/C(C#N)=C/C4CC4)CC[C@H]3C)c3c(Cl)n[nH]c3n2)cn1. The molecular formula is C23H27ClN10O. The van der Waals surface area contributed by atoms with Gasteiger partial charge in [-0.05, 0) is 38.0 Å². The topological polar surface area (TPSA) is 140 Å². The lowest BCUT2D eigenvalue weighted by Gasteiger charge is -2.37. The number of hydrogen-bond donors (Lipinski definition) is 3. The van der Waals surface area contributed by atoms with Gasteiger partial charge in [0, 0.05) is 31.9 Å². The van der Waals surface area contributed by atoms with Gasteiger partial charge in [0.05, 0.1) is 11.9 Å². The van der Waals surface area contributed by atoms with Crippen molar-refractivity contribution in [3.05, 3.63) is 29.2 Å². The minimum atomic E-state index is -0.206. The third-order valence-corrected chi connectivity index (χ3v) is 6.81. The van der Waals surface area contributed by atoms with Crippen LogP contribution in [0.1, 0.15) is 33.1 Å². The fourth-order valence-corrected chi connectivity index (χ4v) is 4.45. The molecule has 11 nitrogen and oxygen atoms in total. The molecule has 1 saturated carbocycles. The minimum Gasteiger partial charge on any atom is -0.364 e. The molecule has 2 aliphatic rings. The van der Waals surface area contributed by atoms with Crippen LogP contribution in [0.4, 0.5) is 17.5 Å². The maximum Gasteiger partial charge on any atom is 0.264 e. The van der Waals surface area contributed by atoms with Crippen LogP contribution in [0.3, 0.4) is 0 Å². The molecular weight excluding hydrogens is 468 g/mol. The maximum atomic E-state index is 13.0. The molecule has 1 aliphatic carbocycles. The van der Waals surface area contributed by atoms with Crippen molar-refractivity contribution in [3.8, 4) is 6.07 Å². The first-order valence-electron chi connectivity index (χ1n) is 11.8. The molecule has 2 atom stereocenters. The van der Waals surface area contributed by atoms with Crippen LogP contribution in [-0.4, -0.2) is 59.9 Å². The predicted molar refractivity (Wildman–Crippen MR) is 132 cm³/mol. The number of nitriles is 1. The number of hydrogen-bond acceptors (Lipinski definition) is 8. The van der Waals surface area contributed by atoms with Crippen molar-refractivity contribution in [1.82, 2.24) is 34.8 Å². The molecule has 0 unspecified atom stereocenters. The Hall–Kier alpha value is -3.65. The third kappa shape index (κ3) is 4.93. The number of aryl methyl sites for hydroxylation is 1. The quantitative estimate of drug-likeness (QED) is 0.335. The van der Waals surface area contributed by atoms with Gasteiger partial charge in [0.2, 0.25) is 5.95 Å². The summed E-state index contributed by atoms with van der Waals surface area (Å²) in [5.41, 5.74) is 1.49. The van der Waals surface area contributed by atoms with Crippen molar-refractivity contribution < 1.29 is 4.79 Å². The number of halogens is 1. The molecule has 182 valence electrons. The van der Waals surface area contributed by atoms with Gasteiger partial charge in [-0.1, -0.05) is 24.6 Å². The van der Waals surface area contributed by atoms with Gasteiger partial charge in [-0.2, -0.15) is 25.4 Å². The van der Waals surface area contributed by atoms with Crippen molar-refractivity contribution in [3.63, 3.8) is 0 Å². The van der Waals surface area contributed by atoms with E-state index in [0.29, 0.717) is 41.8 Å². The normalized spacial score (nSPS) is 20.6. The second-order valence-corrected chi connectivity index (χ2v) is 9.50. The van der Waals surface area contributed by atoms with Gasteiger partial charge in [-0.25, -0.2) is 0 Å². The van der Waals surface area contributed by atoms with Gasteiger partial charge in [0.25, 0.3) is 5.91 Å². The van der Waals surface area contributed by atoms with Crippen LogP contribution in [0, 0.1) is 23.2 Å². The van der Waals surface area contributed by atoms with Crippen molar-refractivity contribution in [1.29, 1.82) is 5.26 Å². The molecule has 0 aromatic carbocycles. The molecule has 0 bridgehead atoms. The van der Waals surface area contributed by atoms with Crippen LogP contribution in [0.15, 0.2) is 24.0 Å². The van der Waals surface area contributed by atoms with E-state index in [9.17, 15) is 10.1 Å². The van der Waals surface area contributed by atoms with E-state index < -0.39 is 0 Å². The molecule has 1 saturated heterocycles. The van der Waals surface area contributed by atoms with Gasteiger partial charge in [0.1, 0.15) is 22.8 Å². The van der Waals surface area contributed by atoms with Crippen LogP contribution in [0.5, 0.6) is 0 Å². The zero-order valence-corrected chi connectivity index (χ0v) is 20.4. The van der Waals surface area contributed by atoms with Crippen molar-refractivity contribution in [2.45, 2.75) is 45.7 Å². The molecule has 0 radical (unpaired) electrons. The summed E-state index contributed by atoms with van der Waals surface area (Å²) in [4.78, 5) is 24.0. The lowest BCUT2D eigenvalue weighted by Crippen LogP contribution is -2.49. The van der Waals surface area contributed by atoms with Crippen molar-refractivity contribution in [2.24, 2.45) is 11.8 Å². The summed E-state index contributed by atoms with van der Waals surface area (Å²) in [6, 6.07) is 2.01. The fourth-order valence-electron chi connectivity index (χ4n) is 4.23. The van der Waals surface area contributed by atoms with E-state index in [-0.39, 0.29) is 28.6 Å². The Bertz CT molecular complexity index is 1320. The van der Waals surface area contributed by atoms with Gasteiger partial charge in [-0.3, -0.25) is 14.6 Å². The standard InChI is InChI=1S/C23H27ClN10O/c1-3-34-11-16(10-26-34)27-23-29-20(18-19(24)31-32-21(18)30-23)28-17-12-33(7-6-13(17)2)22(35)15(9-25)8-14-4-5-14/h8,10-11,13-14,17H,3-7,12H2,1-2H3,(H3,27,28,29,30,31,32)/b15-8+/t13-,17+/m1/s1.